The van der Waals surface area contributed by atoms with Gasteiger partial charge in [-0.2, -0.15) is 0 Å². The van der Waals surface area contributed by atoms with E-state index in [-0.39, 0.29) is 17.9 Å². The molecule has 1 saturated heterocycles. The summed E-state index contributed by atoms with van der Waals surface area (Å²) in [6, 6.07) is 12.7. The highest BCUT2D eigenvalue weighted by atomic mass is 32.2. The molecule has 2 unspecified atom stereocenters. The first kappa shape index (κ1) is 29.6. The lowest BCUT2D eigenvalue weighted by Crippen LogP contribution is -2.70. The third kappa shape index (κ3) is 6.78. The highest BCUT2D eigenvalue weighted by molar-refractivity contribution is 8.01. The smallest absolute Gasteiger partial charge is 0.352 e. The lowest BCUT2D eigenvalue weighted by atomic mass is 10.0. The quantitative estimate of drug-likeness (QED) is 0.171. The van der Waals surface area contributed by atoms with E-state index in [0.717, 1.165) is 0 Å². The van der Waals surface area contributed by atoms with Crippen molar-refractivity contribution in [3.05, 3.63) is 71.4 Å². The molecule has 15 nitrogen and oxygen atoms in total. The van der Waals surface area contributed by atoms with Crippen molar-refractivity contribution in [2.75, 3.05) is 22.1 Å². The number of carboxylic acids is 1. The fourth-order valence-corrected chi connectivity index (χ4v) is 6.76. The maximum absolute atomic E-state index is 13.0. The van der Waals surface area contributed by atoms with E-state index in [1.165, 1.54) is 33.1 Å². The molecule has 222 valence electrons. The average molecular weight is 624 g/mol. The maximum atomic E-state index is 13.0. The summed E-state index contributed by atoms with van der Waals surface area (Å²) in [6.07, 6.45) is -0.177. The van der Waals surface area contributed by atoms with Crippen molar-refractivity contribution >= 4 is 64.7 Å². The summed E-state index contributed by atoms with van der Waals surface area (Å²) >= 11 is 2.62. The van der Waals surface area contributed by atoms with Crippen LogP contribution in [0, 0.1) is 0 Å². The van der Waals surface area contributed by atoms with Crippen LogP contribution in [0.2, 0.25) is 0 Å². The van der Waals surface area contributed by atoms with Crippen LogP contribution in [0.4, 0.5) is 21.0 Å². The number of aromatic nitrogens is 4. The number of thioether (sulfide) groups is 2. The number of tetrazole rings is 1. The van der Waals surface area contributed by atoms with Crippen LogP contribution in [0.15, 0.2) is 71.0 Å². The second-order valence-corrected chi connectivity index (χ2v) is 11.4. The minimum atomic E-state index is -1.23. The summed E-state index contributed by atoms with van der Waals surface area (Å²) in [6.45, 7) is 0. The van der Waals surface area contributed by atoms with E-state index in [0.29, 0.717) is 33.4 Å². The first-order chi connectivity index (χ1) is 20.7. The number of imide groups is 1. The predicted octanol–water partition coefficient (Wildman–Crippen LogP) is 1.64. The van der Waals surface area contributed by atoms with Gasteiger partial charge >= 0.3 is 18.0 Å². The molecule has 6 amide bonds. The van der Waals surface area contributed by atoms with Crippen LogP contribution in [0.5, 0.6) is 0 Å². The number of rotatable bonds is 9. The van der Waals surface area contributed by atoms with Crippen LogP contribution < -0.4 is 21.3 Å². The van der Waals surface area contributed by atoms with Crippen molar-refractivity contribution in [3.63, 3.8) is 0 Å². The summed E-state index contributed by atoms with van der Waals surface area (Å²) in [5, 5.41) is 31.0. The standard InChI is InChI=1S/C26H25N9O6S2/c1-34-26(31-32-33-34)43-13-15-12-42-22-19(21(37)35(22)20(15)23(38)39)29-18(36)11-14-7-5-6-10-17(14)28-25(41)30-24(40)27-16-8-3-2-4-9-16/h2-10,19,22H,11-13H2,1H3,(H,29,36)(H,38,39)(H3,27,28,30,40,41). The number of benzene rings is 2. The Balaban J connectivity index is 1.18. The number of urea groups is 2. The molecular weight excluding hydrogens is 598 g/mol. The number of nitrogens with zero attached hydrogens (tertiary/aromatic N) is 5. The van der Waals surface area contributed by atoms with Gasteiger partial charge in [-0.3, -0.25) is 19.8 Å². The van der Waals surface area contributed by atoms with Crippen molar-refractivity contribution in [2.45, 2.75) is 23.0 Å². The molecule has 3 heterocycles. The molecule has 2 aromatic carbocycles. The number of amides is 6. The van der Waals surface area contributed by atoms with E-state index in [1.807, 2.05) is 0 Å². The molecule has 2 aliphatic heterocycles. The number of aryl methyl sites for hydroxylation is 1. The Bertz CT molecular complexity index is 1610. The number of para-hydroxylation sites is 2. The first-order valence-electron chi connectivity index (χ1n) is 12.8. The Hall–Kier alpha value is -4.90. The molecule has 0 aliphatic carbocycles. The molecule has 0 saturated carbocycles. The number of carboxylic acid groups (broad SMARTS) is 1. The van der Waals surface area contributed by atoms with Gasteiger partial charge in [0.25, 0.3) is 5.91 Å². The van der Waals surface area contributed by atoms with Gasteiger partial charge in [0.05, 0.1) is 6.42 Å². The number of anilines is 2. The van der Waals surface area contributed by atoms with Crippen molar-refractivity contribution in [2.24, 2.45) is 7.05 Å². The Morgan fingerprint density at radius 3 is 2.49 bits per heavy atom. The predicted molar refractivity (Wildman–Crippen MR) is 157 cm³/mol. The zero-order valence-corrected chi connectivity index (χ0v) is 24.1. The van der Waals surface area contributed by atoms with Crippen LogP contribution in [0.1, 0.15) is 5.56 Å². The Morgan fingerprint density at radius 1 is 1.05 bits per heavy atom. The summed E-state index contributed by atoms with van der Waals surface area (Å²) in [4.78, 5) is 63.9. The van der Waals surface area contributed by atoms with Crippen LogP contribution in [0.25, 0.3) is 0 Å². The van der Waals surface area contributed by atoms with Crippen molar-refractivity contribution in [3.8, 4) is 0 Å². The number of hydrogen-bond acceptors (Lipinski definition) is 10. The van der Waals surface area contributed by atoms with Gasteiger partial charge in [0.2, 0.25) is 11.1 Å². The minimum Gasteiger partial charge on any atom is -0.477 e. The number of hydrogen-bond donors (Lipinski definition) is 5. The third-order valence-electron chi connectivity index (χ3n) is 6.40. The molecule has 43 heavy (non-hydrogen) atoms. The Kier molecular flexibility index (Phi) is 8.91. The SMILES string of the molecule is Cn1nnnc1SCC1=C(C(=O)O)N2C(=O)C(NC(=O)Cc3ccccc3NC(=O)NC(=O)Nc3ccccc3)C2SC1. The molecule has 5 N–H and O–H groups in total. The normalized spacial score (nSPS) is 17.4. The van der Waals surface area contributed by atoms with Gasteiger partial charge in [-0.1, -0.05) is 48.2 Å². The number of nitrogens with one attached hydrogen (secondary N) is 4. The molecule has 0 bridgehead atoms. The topological polar surface area (TPSA) is 201 Å². The average Bonchev–Trinajstić information content (AvgIpc) is 3.39. The zero-order chi connectivity index (χ0) is 30.5. The van der Waals surface area contributed by atoms with Crippen LogP contribution in [-0.4, -0.2) is 83.0 Å². The number of aliphatic carboxylic acids is 1. The molecule has 3 aromatic rings. The monoisotopic (exact) mass is 623 g/mol. The fraction of sp³-hybridized carbons (Fsp3) is 0.231. The van der Waals surface area contributed by atoms with Gasteiger partial charge in [-0.15, -0.1) is 16.9 Å². The van der Waals surface area contributed by atoms with Gasteiger partial charge in [-0.25, -0.2) is 19.1 Å². The molecule has 5 rings (SSSR count). The van der Waals surface area contributed by atoms with Crippen LogP contribution >= 0.6 is 23.5 Å². The summed E-state index contributed by atoms with van der Waals surface area (Å²) in [5.41, 5.74) is 1.70. The summed E-state index contributed by atoms with van der Waals surface area (Å²) < 4.78 is 1.47. The van der Waals surface area contributed by atoms with Crippen LogP contribution in [-0.2, 0) is 27.9 Å². The van der Waals surface area contributed by atoms with Gasteiger partial charge in [-0.05, 0) is 39.8 Å². The van der Waals surface area contributed by atoms with Gasteiger partial charge in [0.1, 0.15) is 17.1 Å². The number of carbonyl (C=O) groups excluding carboxylic acids is 4. The van der Waals surface area contributed by atoms with Crippen molar-refractivity contribution < 1.29 is 29.1 Å². The molecule has 17 heteroatoms. The van der Waals surface area contributed by atoms with E-state index in [9.17, 15) is 29.1 Å². The number of β-lactam (4-membered cyclic amide) rings is 1. The third-order valence-corrected chi connectivity index (χ3v) is 8.83. The summed E-state index contributed by atoms with van der Waals surface area (Å²) in [5.74, 6) is -1.62. The lowest BCUT2D eigenvalue weighted by molar-refractivity contribution is -0.150. The molecular formula is C26H25N9O6S2. The van der Waals surface area contributed by atoms with E-state index in [2.05, 4.69) is 36.8 Å². The van der Waals surface area contributed by atoms with E-state index < -0.39 is 41.3 Å². The highest BCUT2D eigenvalue weighted by Gasteiger charge is 2.54. The van der Waals surface area contributed by atoms with E-state index in [1.54, 1.807) is 61.6 Å². The molecule has 0 radical (unpaired) electrons. The summed E-state index contributed by atoms with van der Waals surface area (Å²) in [7, 11) is 1.67. The number of fused-ring (bicyclic) bond motifs is 1. The second-order valence-electron chi connectivity index (χ2n) is 9.32. The molecule has 1 fully saturated rings. The minimum absolute atomic E-state index is 0.0984. The highest BCUT2D eigenvalue weighted by Crippen LogP contribution is 2.41. The zero-order valence-electron chi connectivity index (χ0n) is 22.5. The first-order valence-corrected chi connectivity index (χ1v) is 14.8. The Morgan fingerprint density at radius 2 is 1.77 bits per heavy atom. The van der Waals surface area contributed by atoms with Crippen LogP contribution in [0.3, 0.4) is 0 Å². The maximum Gasteiger partial charge on any atom is 0.352 e. The largest absolute Gasteiger partial charge is 0.477 e. The molecule has 2 aliphatic rings. The molecule has 1 aromatic heterocycles. The molecule has 0 spiro atoms. The van der Waals surface area contributed by atoms with Crippen molar-refractivity contribution in [1.29, 1.82) is 0 Å². The van der Waals surface area contributed by atoms with E-state index in [4.69, 9.17) is 0 Å². The van der Waals surface area contributed by atoms with Gasteiger partial charge in [0, 0.05) is 29.9 Å². The number of carbonyl (C=O) groups is 5. The lowest BCUT2D eigenvalue weighted by Gasteiger charge is -2.49. The Labute approximate surface area is 252 Å². The second kappa shape index (κ2) is 13.0. The van der Waals surface area contributed by atoms with E-state index >= 15 is 0 Å². The fourth-order valence-electron chi connectivity index (χ4n) is 4.42. The van der Waals surface area contributed by atoms with Gasteiger partial charge in [0.15, 0.2) is 0 Å². The molecule has 2 atom stereocenters. The van der Waals surface area contributed by atoms with Crippen molar-refractivity contribution in [1.82, 2.24) is 35.7 Å². The van der Waals surface area contributed by atoms with Gasteiger partial charge < -0.3 is 21.1 Å².